The molecule has 1 rings (SSSR count). The van der Waals surface area contributed by atoms with Crippen LogP contribution in [0.4, 0.5) is 0 Å². The van der Waals surface area contributed by atoms with Crippen molar-refractivity contribution in [2.45, 2.75) is 13.0 Å². The minimum atomic E-state index is -0.0225. The Bertz CT molecular complexity index is 254. The van der Waals surface area contributed by atoms with Crippen LogP contribution in [0.25, 0.3) is 0 Å². The van der Waals surface area contributed by atoms with Crippen LogP contribution in [0, 0.1) is 0 Å². The third-order valence-electron chi connectivity index (χ3n) is 2.06. The van der Waals surface area contributed by atoms with E-state index in [9.17, 15) is 0 Å². The molecule has 1 aromatic carbocycles. The summed E-state index contributed by atoms with van der Waals surface area (Å²) in [4.78, 5) is 0. The molecule has 0 spiro atoms. The Kier molecular flexibility index (Phi) is 4.43. The van der Waals surface area contributed by atoms with Crippen molar-refractivity contribution in [3.8, 4) is 5.75 Å². The first-order valence-electron chi connectivity index (χ1n) is 4.77. The zero-order valence-corrected chi connectivity index (χ0v) is 8.69. The second kappa shape index (κ2) is 5.62. The number of benzene rings is 1. The van der Waals surface area contributed by atoms with E-state index in [-0.39, 0.29) is 6.10 Å². The van der Waals surface area contributed by atoms with Crippen LogP contribution < -0.4 is 10.5 Å². The van der Waals surface area contributed by atoms with Gasteiger partial charge in [0.1, 0.15) is 5.75 Å². The van der Waals surface area contributed by atoms with E-state index in [0.717, 1.165) is 11.3 Å². The third kappa shape index (κ3) is 2.72. The summed E-state index contributed by atoms with van der Waals surface area (Å²) in [6.45, 7) is 3.14. The fourth-order valence-corrected chi connectivity index (χ4v) is 1.31. The second-order valence-electron chi connectivity index (χ2n) is 2.96. The summed E-state index contributed by atoms with van der Waals surface area (Å²) in [6, 6.07) is 7.82. The normalized spacial score (nSPS) is 12.5. The number of hydrogen-bond acceptors (Lipinski definition) is 3. The minimum absolute atomic E-state index is 0.0225. The highest BCUT2D eigenvalue weighted by Gasteiger charge is 2.07. The van der Waals surface area contributed by atoms with Crippen LogP contribution in [0.15, 0.2) is 24.3 Å². The molecule has 0 aliphatic rings. The zero-order valence-electron chi connectivity index (χ0n) is 8.69. The van der Waals surface area contributed by atoms with Crippen molar-refractivity contribution < 1.29 is 9.47 Å². The van der Waals surface area contributed by atoms with Gasteiger partial charge in [-0.1, -0.05) is 12.1 Å². The molecule has 1 atom stereocenters. The van der Waals surface area contributed by atoms with E-state index in [0.29, 0.717) is 13.2 Å². The Hall–Kier alpha value is -1.06. The standard InChI is InChI=1S/C11H17NO2/c1-3-14-10-6-4-9(5-7-10)11(8-12)13-2/h4-7,11H,3,8,12H2,1-2H3/t11-/m1/s1. The lowest BCUT2D eigenvalue weighted by atomic mass is 10.1. The van der Waals surface area contributed by atoms with Crippen LogP contribution in [-0.4, -0.2) is 20.3 Å². The molecule has 78 valence electrons. The van der Waals surface area contributed by atoms with Crippen LogP contribution in [0.5, 0.6) is 5.75 Å². The number of rotatable bonds is 5. The lowest BCUT2D eigenvalue weighted by molar-refractivity contribution is 0.110. The summed E-state index contributed by atoms with van der Waals surface area (Å²) in [5, 5.41) is 0. The molecule has 0 aliphatic carbocycles. The molecular formula is C11H17NO2. The summed E-state index contributed by atoms with van der Waals surface area (Å²) >= 11 is 0. The van der Waals surface area contributed by atoms with Gasteiger partial charge < -0.3 is 15.2 Å². The smallest absolute Gasteiger partial charge is 0.119 e. The largest absolute Gasteiger partial charge is 0.494 e. The average molecular weight is 195 g/mol. The predicted octanol–water partition coefficient (Wildman–Crippen LogP) is 1.73. The predicted molar refractivity (Wildman–Crippen MR) is 56.4 cm³/mol. The quantitative estimate of drug-likeness (QED) is 0.778. The molecule has 0 bridgehead atoms. The Labute approximate surface area is 84.8 Å². The summed E-state index contributed by atoms with van der Waals surface area (Å²) < 4.78 is 10.6. The van der Waals surface area contributed by atoms with Crippen LogP contribution >= 0.6 is 0 Å². The summed E-state index contributed by atoms with van der Waals surface area (Å²) in [5.74, 6) is 0.878. The van der Waals surface area contributed by atoms with Gasteiger partial charge >= 0.3 is 0 Å². The number of ether oxygens (including phenoxy) is 2. The van der Waals surface area contributed by atoms with E-state index >= 15 is 0 Å². The average Bonchev–Trinajstić information content (AvgIpc) is 2.23. The molecule has 3 nitrogen and oxygen atoms in total. The van der Waals surface area contributed by atoms with E-state index in [1.54, 1.807) is 7.11 Å². The fourth-order valence-electron chi connectivity index (χ4n) is 1.31. The summed E-state index contributed by atoms with van der Waals surface area (Å²) in [6.07, 6.45) is -0.0225. The topological polar surface area (TPSA) is 44.5 Å². The van der Waals surface area contributed by atoms with Gasteiger partial charge in [0.15, 0.2) is 0 Å². The van der Waals surface area contributed by atoms with Gasteiger partial charge in [-0.2, -0.15) is 0 Å². The van der Waals surface area contributed by atoms with E-state index in [4.69, 9.17) is 15.2 Å². The highest BCUT2D eigenvalue weighted by Crippen LogP contribution is 2.19. The maximum atomic E-state index is 5.56. The van der Waals surface area contributed by atoms with Gasteiger partial charge in [-0.15, -0.1) is 0 Å². The Balaban J connectivity index is 2.71. The van der Waals surface area contributed by atoms with E-state index in [1.165, 1.54) is 0 Å². The lowest BCUT2D eigenvalue weighted by Gasteiger charge is -2.13. The molecule has 0 aliphatic heterocycles. The van der Waals surface area contributed by atoms with E-state index in [1.807, 2.05) is 31.2 Å². The number of hydrogen-bond donors (Lipinski definition) is 1. The van der Waals surface area contributed by atoms with Crippen molar-refractivity contribution in [1.82, 2.24) is 0 Å². The van der Waals surface area contributed by atoms with E-state index < -0.39 is 0 Å². The molecular weight excluding hydrogens is 178 g/mol. The second-order valence-corrected chi connectivity index (χ2v) is 2.96. The summed E-state index contributed by atoms with van der Waals surface area (Å²) in [5.41, 5.74) is 6.64. The Morgan fingerprint density at radius 3 is 2.36 bits per heavy atom. The van der Waals surface area contributed by atoms with Crippen molar-refractivity contribution in [1.29, 1.82) is 0 Å². The van der Waals surface area contributed by atoms with Gasteiger partial charge in [-0.05, 0) is 24.6 Å². The molecule has 0 heterocycles. The van der Waals surface area contributed by atoms with Crippen molar-refractivity contribution in [2.75, 3.05) is 20.3 Å². The fraction of sp³-hybridized carbons (Fsp3) is 0.455. The van der Waals surface area contributed by atoms with Crippen molar-refractivity contribution in [3.05, 3.63) is 29.8 Å². The van der Waals surface area contributed by atoms with Gasteiger partial charge in [0.25, 0.3) is 0 Å². The third-order valence-corrected chi connectivity index (χ3v) is 2.06. The highest BCUT2D eigenvalue weighted by atomic mass is 16.5. The molecule has 0 fully saturated rings. The van der Waals surface area contributed by atoms with Gasteiger partial charge in [-0.3, -0.25) is 0 Å². The maximum Gasteiger partial charge on any atom is 0.119 e. The van der Waals surface area contributed by atoms with Crippen LogP contribution in [0.2, 0.25) is 0 Å². The van der Waals surface area contributed by atoms with Gasteiger partial charge in [0.2, 0.25) is 0 Å². The molecule has 0 saturated heterocycles. The SMILES string of the molecule is CCOc1ccc([C@@H](CN)OC)cc1. The Morgan fingerprint density at radius 2 is 1.93 bits per heavy atom. The molecule has 0 aromatic heterocycles. The number of methoxy groups -OCH3 is 1. The van der Waals surface area contributed by atoms with E-state index in [2.05, 4.69) is 0 Å². The maximum absolute atomic E-state index is 5.56. The molecule has 3 heteroatoms. The van der Waals surface area contributed by atoms with Crippen molar-refractivity contribution in [2.24, 2.45) is 5.73 Å². The highest BCUT2D eigenvalue weighted by molar-refractivity contribution is 5.28. The van der Waals surface area contributed by atoms with Gasteiger partial charge in [-0.25, -0.2) is 0 Å². The van der Waals surface area contributed by atoms with Gasteiger partial charge in [0, 0.05) is 13.7 Å². The first-order chi connectivity index (χ1) is 6.81. The Morgan fingerprint density at radius 1 is 1.29 bits per heavy atom. The first kappa shape index (κ1) is 11.0. The molecule has 2 N–H and O–H groups in total. The van der Waals surface area contributed by atoms with Crippen LogP contribution in [0.1, 0.15) is 18.6 Å². The van der Waals surface area contributed by atoms with Crippen molar-refractivity contribution >= 4 is 0 Å². The molecule has 14 heavy (non-hydrogen) atoms. The molecule has 1 aromatic rings. The summed E-state index contributed by atoms with van der Waals surface area (Å²) in [7, 11) is 1.66. The zero-order chi connectivity index (χ0) is 10.4. The molecule has 0 radical (unpaired) electrons. The first-order valence-corrected chi connectivity index (χ1v) is 4.77. The molecule has 0 saturated carbocycles. The minimum Gasteiger partial charge on any atom is -0.494 e. The number of nitrogens with two attached hydrogens (primary N) is 1. The molecule has 0 amide bonds. The van der Waals surface area contributed by atoms with Crippen LogP contribution in [-0.2, 0) is 4.74 Å². The molecule has 0 unspecified atom stereocenters. The van der Waals surface area contributed by atoms with Crippen molar-refractivity contribution in [3.63, 3.8) is 0 Å². The lowest BCUT2D eigenvalue weighted by Crippen LogP contribution is -2.13. The monoisotopic (exact) mass is 195 g/mol. The van der Waals surface area contributed by atoms with Gasteiger partial charge in [0.05, 0.1) is 12.7 Å². The van der Waals surface area contributed by atoms with Crippen LogP contribution in [0.3, 0.4) is 0 Å².